The van der Waals surface area contributed by atoms with E-state index in [0.29, 0.717) is 0 Å². The fourth-order valence-corrected chi connectivity index (χ4v) is 2.13. The molecular weight excluding hydrogens is 296 g/mol. The number of ether oxygens (including phenoxy) is 1. The lowest BCUT2D eigenvalue weighted by Gasteiger charge is -2.03. The highest BCUT2D eigenvalue weighted by Crippen LogP contribution is 2.21. The third-order valence-corrected chi connectivity index (χ3v) is 3.14. The van der Waals surface area contributed by atoms with Gasteiger partial charge in [-0.05, 0) is 28.5 Å². The zero-order chi connectivity index (χ0) is 13.1. The normalized spacial score (nSPS) is 10.3. The van der Waals surface area contributed by atoms with Crippen LogP contribution in [0.1, 0.15) is 5.56 Å². The third-order valence-electron chi connectivity index (χ3n) is 2.64. The number of fused-ring (bicyclic) bond motifs is 1. The number of ketones is 1. The lowest BCUT2D eigenvalue weighted by molar-refractivity contribution is -0.151. The average molecular weight is 307 g/mol. The Morgan fingerprint density at radius 2 is 1.78 bits per heavy atom. The number of carbonyl (C=O) groups excluding carboxylic acids is 2. The number of Topliss-reactive ketones (excluding diaryl/α,β-unsaturated/α-hetero) is 1. The molecule has 0 atom stereocenters. The summed E-state index contributed by atoms with van der Waals surface area (Å²) in [4.78, 5) is 22.5. The highest BCUT2D eigenvalue weighted by molar-refractivity contribution is 9.10. The van der Waals surface area contributed by atoms with E-state index in [4.69, 9.17) is 0 Å². The Morgan fingerprint density at radius 3 is 2.50 bits per heavy atom. The number of hydrogen-bond acceptors (Lipinski definition) is 3. The van der Waals surface area contributed by atoms with Crippen molar-refractivity contribution in [2.45, 2.75) is 6.42 Å². The SMILES string of the molecule is COC(=O)C(=O)Cc1ccc2cc(Br)ccc2c1. The van der Waals surface area contributed by atoms with Gasteiger partial charge in [-0.1, -0.05) is 40.2 Å². The lowest BCUT2D eigenvalue weighted by atomic mass is 10.0. The Kier molecular flexibility index (Phi) is 3.77. The van der Waals surface area contributed by atoms with Crippen LogP contribution in [0.15, 0.2) is 40.9 Å². The molecule has 0 unspecified atom stereocenters. The highest BCUT2D eigenvalue weighted by Gasteiger charge is 2.14. The first-order chi connectivity index (χ1) is 8.60. The predicted octanol–water partition coefficient (Wildman–Crippen LogP) is 2.89. The van der Waals surface area contributed by atoms with Gasteiger partial charge in [0.1, 0.15) is 0 Å². The molecule has 0 N–H and O–H groups in total. The van der Waals surface area contributed by atoms with Crippen molar-refractivity contribution in [3.8, 4) is 0 Å². The molecular formula is C14H11BrO3. The number of halogens is 1. The van der Waals surface area contributed by atoms with Gasteiger partial charge in [0.2, 0.25) is 5.78 Å². The summed E-state index contributed by atoms with van der Waals surface area (Å²) in [5, 5.41) is 2.12. The van der Waals surface area contributed by atoms with Crippen LogP contribution in [0.4, 0.5) is 0 Å². The van der Waals surface area contributed by atoms with E-state index in [1.807, 2.05) is 36.4 Å². The van der Waals surface area contributed by atoms with Crippen LogP contribution in [-0.4, -0.2) is 18.9 Å². The van der Waals surface area contributed by atoms with Gasteiger partial charge in [-0.3, -0.25) is 4.79 Å². The highest BCUT2D eigenvalue weighted by atomic mass is 79.9. The van der Waals surface area contributed by atoms with E-state index >= 15 is 0 Å². The quantitative estimate of drug-likeness (QED) is 0.647. The molecule has 0 spiro atoms. The van der Waals surface area contributed by atoms with Crippen LogP contribution in [0.2, 0.25) is 0 Å². The number of benzene rings is 2. The van der Waals surface area contributed by atoms with Crippen LogP contribution in [0.5, 0.6) is 0 Å². The van der Waals surface area contributed by atoms with Crippen LogP contribution in [-0.2, 0) is 20.7 Å². The third kappa shape index (κ3) is 2.76. The van der Waals surface area contributed by atoms with E-state index in [0.717, 1.165) is 20.8 Å². The molecule has 0 amide bonds. The Hall–Kier alpha value is -1.68. The van der Waals surface area contributed by atoms with E-state index in [1.165, 1.54) is 7.11 Å². The van der Waals surface area contributed by atoms with E-state index in [-0.39, 0.29) is 6.42 Å². The minimum Gasteiger partial charge on any atom is -0.463 e. The lowest BCUT2D eigenvalue weighted by Crippen LogP contribution is -2.17. The second-order valence-corrected chi connectivity index (χ2v) is 4.83. The molecule has 2 aromatic rings. The summed E-state index contributed by atoms with van der Waals surface area (Å²) in [6.45, 7) is 0. The molecule has 0 saturated heterocycles. The minimum absolute atomic E-state index is 0.0681. The van der Waals surface area contributed by atoms with Crippen LogP contribution < -0.4 is 0 Å². The standard InChI is InChI=1S/C14H11BrO3/c1-18-14(17)13(16)7-9-2-3-11-8-12(15)5-4-10(11)6-9/h2-6,8H,7H2,1H3. The van der Waals surface area contributed by atoms with Crippen molar-refractivity contribution in [1.29, 1.82) is 0 Å². The molecule has 0 saturated carbocycles. The second-order valence-electron chi connectivity index (χ2n) is 3.92. The molecule has 0 bridgehead atoms. The Morgan fingerprint density at radius 1 is 1.11 bits per heavy atom. The fourth-order valence-electron chi connectivity index (χ4n) is 1.75. The van der Waals surface area contributed by atoms with Gasteiger partial charge in [0.05, 0.1) is 7.11 Å². The molecule has 0 aliphatic carbocycles. The number of rotatable bonds is 3. The van der Waals surface area contributed by atoms with Crippen molar-refractivity contribution in [3.05, 3.63) is 46.4 Å². The molecule has 0 heterocycles. The largest absolute Gasteiger partial charge is 0.463 e. The first kappa shape index (κ1) is 12.8. The van der Waals surface area contributed by atoms with Crippen LogP contribution in [0, 0.1) is 0 Å². The molecule has 0 radical (unpaired) electrons. The summed E-state index contributed by atoms with van der Waals surface area (Å²) in [6, 6.07) is 11.6. The summed E-state index contributed by atoms with van der Waals surface area (Å²) in [5.41, 5.74) is 0.806. The minimum atomic E-state index is -0.800. The summed E-state index contributed by atoms with van der Waals surface area (Å²) >= 11 is 3.40. The van der Waals surface area contributed by atoms with Crippen molar-refractivity contribution >= 4 is 38.5 Å². The van der Waals surface area contributed by atoms with Crippen molar-refractivity contribution < 1.29 is 14.3 Å². The number of carbonyl (C=O) groups is 2. The summed E-state index contributed by atoms with van der Waals surface area (Å²) in [7, 11) is 1.21. The van der Waals surface area contributed by atoms with E-state index in [1.54, 1.807) is 0 Å². The molecule has 0 aliphatic heterocycles. The topological polar surface area (TPSA) is 43.4 Å². The van der Waals surface area contributed by atoms with Gasteiger partial charge in [-0.25, -0.2) is 4.79 Å². The molecule has 18 heavy (non-hydrogen) atoms. The molecule has 2 aromatic carbocycles. The monoisotopic (exact) mass is 306 g/mol. The van der Waals surface area contributed by atoms with Crippen molar-refractivity contribution in [3.63, 3.8) is 0 Å². The van der Waals surface area contributed by atoms with Crippen molar-refractivity contribution in [1.82, 2.24) is 0 Å². The first-order valence-corrected chi connectivity index (χ1v) is 6.19. The zero-order valence-corrected chi connectivity index (χ0v) is 11.4. The fraction of sp³-hybridized carbons (Fsp3) is 0.143. The molecule has 3 nitrogen and oxygen atoms in total. The molecule has 0 aromatic heterocycles. The van der Waals surface area contributed by atoms with Crippen LogP contribution in [0.25, 0.3) is 10.8 Å². The smallest absolute Gasteiger partial charge is 0.374 e. The molecule has 92 valence electrons. The zero-order valence-electron chi connectivity index (χ0n) is 9.77. The Bertz CT molecular complexity index is 619. The number of methoxy groups -OCH3 is 1. The maximum absolute atomic E-state index is 11.5. The van der Waals surface area contributed by atoms with Gasteiger partial charge in [-0.15, -0.1) is 0 Å². The molecule has 2 rings (SSSR count). The summed E-state index contributed by atoms with van der Waals surface area (Å²) in [5.74, 6) is -1.33. The maximum atomic E-state index is 11.5. The Labute approximate surface area is 113 Å². The number of esters is 1. The molecule has 0 aliphatic rings. The average Bonchev–Trinajstić information content (AvgIpc) is 2.38. The van der Waals surface area contributed by atoms with Gasteiger partial charge in [0.15, 0.2) is 0 Å². The maximum Gasteiger partial charge on any atom is 0.374 e. The van der Waals surface area contributed by atoms with Gasteiger partial charge >= 0.3 is 5.97 Å². The summed E-state index contributed by atoms with van der Waals surface area (Å²) < 4.78 is 5.40. The predicted molar refractivity (Wildman–Crippen MR) is 72.4 cm³/mol. The number of hydrogen-bond donors (Lipinski definition) is 0. The first-order valence-electron chi connectivity index (χ1n) is 5.39. The van der Waals surface area contributed by atoms with Gasteiger partial charge < -0.3 is 4.74 Å². The van der Waals surface area contributed by atoms with E-state index in [2.05, 4.69) is 20.7 Å². The molecule has 4 heteroatoms. The van der Waals surface area contributed by atoms with Gasteiger partial charge in [-0.2, -0.15) is 0 Å². The van der Waals surface area contributed by atoms with Crippen molar-refractivity contribution in [2.24, 2.45) is 0 Å². The second kappa shape index (κ2) is 5.31. The van der Waals surface area contributed by atoms with Crippen LogP contribution in [0.3, 0.4) is 0 Å². The van der Waals surface area contributed by atoms with Crippen molar-refractivity contribution in [2.75, 3.05) is 7.11 Å². The van der Waals surface area contributed by atoms with E-state index < -0.39 is 11.8 Å². The van der Waals surface area contributed by atoms with Crippen LogP contribution >= 0.6 is 15.9 Å². The van der Waals surface area contributed by atoms with E-state index in [9.17, 15) is 9.59 Å². The van der Waals surface area contributed by atoms with Gasteiger partial charge in [0.25, 0.3) is 0 Å². The molecule has 0 fully saturated rings. The van der Waals surface area contributed by atoms with Gasteiger partial charge in [0, 0.05) is 10.9 Å². The Balaban J connectivity index is 2.28. The summed E-state index contributed by atoms with van der Waals surface area (Å²) in [6.07, 6.45) is 0.0681.